The van der Waals surface area contributed by atoms with Crippen LogP contribution >= 0.6 is 15.9 Å². The highest BCUT2D eigenvalue weighted by Crippen LogP contribution is 2.28. The van der Waals surface area contributed by atoms with Gasteiger partial charge in [0.05, 0.1) is 24.3 Å². The molecule has 8 heteroatoms. The van der Waals surface area contributed by atoms with Crippen LogP contribution < -0.4 is 9.04 Å². The third kappa shape index (κ3) is 4.56. The van der Waals surface area contributed by atoms with E-state index in [-0.39, 0.29) is 11.5 Å². The van der Waals surface area contributed by atoms with E-state index in [4.69, 9.17) is 9.47 Å². The van der Waals surface area contributed by atoms with E-state index in [0.29, 0.717) is 21.5 Å². The first-order valence-corrected chi connectivity index (χ1v) is 10.1. The molecule has 0 aliphatic carbocycles. The second-order valence-corrected chi connectivity index (χ2v) is 8.21. The SMILES string of the molecule is CCOC(=O)CN(c1cccc(Br)c1)S(=O)(=O)c1ccc(OC)c(C)c1. The topological polar surface area (TPSA) is 72.9 Å². The number of rotatable bonds is 7. The Hall–Kier alpha value is -2.06. The summed E-state index contributed by atoms with van der Waals surface area (Å²) in [5.41, 5.74) is 1.04. The largest absolute Gasteiger partial charge is 0.496 e. The van der Waals surface area contributed by atoms with Gasteiger partial charge in [0.2, 0.25) is 0 Å². The minimum absolute atomic E-state index is 0.0695. The van der Waals surface area contributed by atoms with Crippen molar-refractivity contribution < 1.29 is 22.7 Å². The van der Waals surface area contributed by atoms with Crippen LogP contribution in [0.1, 0.15) is 12.5 Å². The molecule has 0 bridgehead atoms. The standard InChI is InChI=1S/C18H20BrNO5S/c1-4-25-18(21)12-20(15-7-5-6-14(19)11-15)26(22,23)16-8-9-17(24-3)13(2)10-16/h5-11H,4,12H2,1-3H3. The molecule has 0 spiro atoms. The molecule has 0 N–H and O–H groups in total. The minimum Gasteiger partial charge on any atom is -0.496 e. The fourth-order valence-corrected chi connectivity index (χ4v) is 4.28. The minimum atomic E-state index is -3.98. The van der Waals surface area contributed by atoms with Gasteiger partial charge in [0.1, 0.15) is 12.3 Å². The Labute approximate surface area is 161 Å². The molecule has 26 heavy (non-hydrogen) atoms. The van der Waals surface area contributed by atoms with E-state index in [1.165, 1.54) is 19.2 Å². The summed E-state index contributed by atoms with van der Waals surface area (Å²) in [6, 6.07) is 11.3. The zero-order valence-electron chi connectivity index (χ0n) is 14.7. The first-order chi connectivity index (χ1) is 12.3. The normalized spacial score (nSPS) is 11.1. The van der Waals surface area contributed by atoms with E-state index >= 15 is 0 Å². The van der Waals surface area contributed by atoms with Gasteiger partial charge in [-0.25, -0.2) is 8.42 Å². The molecule has 0 aliphatic rings. The van der Waals surface area contributed by atoms with Gasteiger partial charge in [0, 0.05) is 4.47 Å². The molecule has 2 aromatic rings. The first kappa shape index (κ1) is 20.3. The van der Waals surface area contributed by atoms with Crippen LogP contribution in [0.4, 0.5) is 5.69 Å². The molecule has 0 radical (unpaired) electrons. The number of anilines is 1. The average molecular weight is 442 g/mol. The van der Waals surface area contributed by atoms with Crippen molar-refractivity contribution >= 4 is 37.6 Å². The summed E-state index contributed by atoms with van der Waals surface area (Å²) in [6.07, 6.45) is 0. The molecule has 0 atom stereocenters. The Bertz CT molecular complexity index is 898. The van der Waals surface area contributed by atoms with Gasteiger partial charge in [-0.15, -0.1) is 0 Å². The fourth-order valence-electron chi connectivity index (χ4n) is 2.41. The summed E-state index contributed by atoms with van der Waals surface area (Å²) in [6.45, 7) is 3.18. The van der Waals surface area contributed by atoms with Gasteiger partial charge in [0.15, 0.2) is 0 Å². The molecule has 2 aromatic carbocycles. The van der Waals surface area contributed by atoms with Crippen LogP contribution in [-0.2, 0) is 19.6 Å². The van der Waals surface area contributed by atoms with Gasteiger partial charge < -0.3 is 9.47 Å². The van der Waals surface area contributed by atoms with Crippen molar-refractivity contribution in [1.82, 2.24) is 0 Å². The third-order valence-electron chi connectivity index (χ3n) is 3.63. The van der Waals surface area contributed by atoms with E-state index < -0.39 is 22.5 Å². The van der Waals surface area contributed by atoms with E-state index in [1.54, 1.807) is 44.2 Å². The van der Waals surface area contributed by atoms with Gasteiger partial charge in [-0.05, 0) is 55.8 Å². The lowest BCUT2D eigenvalue weighted by Crippen LogP contribution is -2.36. The lowest BCUT2D eigenvalue weighted by molar-refractivity contribution is -0.141. The number of ether oxygens (including phenoxy) is 2. The van der Waals surface area contributed by atoms with Crippen molar-refractivity contribution in [2.24, 2.45) is 0 Å². The van der Waals surface area contributed by atoms with E-state index in [9.17, 15) is 13.2 Å². The molecule has 0 unspecified atom stereocenters. The lowest BCUT2D eigenvalue weighted by Gasteiger charge is -2.24. The predicted molar refractivity (Wildman–Crippen MR) is 103 cm³/mol. The maximum atomic E-state index is 13.2. The number of benzene rings is 2. The number of methoxy groups -OCH3 is 1. The lowest BCUT2D eigenvalue weighted by atomic mass is 10.2. The van der Waals surface area contributed by atoms with Gasteiger partial charge >= 0.3 is 5.97 Å². The number of hydrogen-bond acceptors (Lipinski definition) is 5. The Morgan fingerprint density at radius 3 is 2.50 bits per heavy atom. The summed E-state index contributed by atoms with van der Waals surface area (Å²) in [7, 11) is -2.46. The van der Waals surface area contributed by atoms with Crippen LogP contribution in [0.15, 0.2) is 51.8 Å². The van der Waals surface area contributed by atoms with Crippen LogP contribution in [0.3, 0.4) is 0 Å². The monoisotopic (exact) mass is 441 g/mol. The van der Waals surface area contributed by atoms with E-state index in [1.807, 2.05) is 0 Å². The second-order valence-electron chi connectivity index (χ2n) is 5.43. The maximum absolute atomic E-state index is 13.2. The van der Waals surface area contributed by atoms with Crippen LogP contribution in [-0.4, -0.2) is 34.6 Å². The number of halogens is 1. The summed E-state index contributed by atoms with van der Waals surface area (Å²) < 4.78 is 38.3. The second kappa shape index (κ2) is 8.55. The van der Waals surface area contributed by atoms with Gasteiger partial charge in [-0.1, -0.05) is 22.0 Å². The Balaban J connectivity index is 2.52. The predicted octanol–water partition coefficient (Wildman–Crippen LogP) is 3.52. The van der Waals surface area contributed by atoms with E-state index in [0.717, 1.165) is 4.31 Å². The molecule has 0 aliphatic heterocycles. The quantitative estimate of drug-likeness (QED) is 0.614. The summed E-state index contributed by atoms with van der Waals surface area (Å²) in [5, 5.41) is 0. The number of nitrogens with zero attached hydrogens (tertiary/aromatic N) is 1. The van der Waals surface area contributed by atoms with Crippen molar-refractivity contribution in [2.45, 2.75) is 18.7 Å². The van der Waals surface area contributed by atoms with Crippen molar-refractivity contribution in [3.05, 3.63) is 52.5 Å². The van der Waals surface area contributed by atoms with Crippen LogP contribution in [0.2, 0.25) is 0 Å². The molecule has 140 valence electrons. The number of carbonyl (C=O) groups excluding carboxylic acids is 1. The molecule has 0 fully saturated rings. The highest BCUT2D eigenvalue weighted by atomic mass is 79.9. The zero-order valence-corrected chi connectivity index (χ0v) is 17.1. The average Bonchev–Trinajstić information content (AvgIpc) is 2.59. The number of sulfonamides is 1. The molecule has 0 saturated heterocycles. The number of carbonyl (C=O) groups is 1. The summed E-state index contributed by atoms with van der Waals surface area (Å²) >= 11 is 3.33. The number of aryl methyl sites for hydroxylation is 1. The highest BCUT2D eigenvalue weighted by molar-refractivity contribution is 9.10. The van der Waals surface area contributed by atoms with Crippen molar-refractivity contribution in [1.29, 1.82) is 0 Å². The van der Waals surface area contributed by atoms with E-state index in [2.05, 4.69) is 15.9 Å². The molecule has 0 heterocycles. The van der Waals surface area contributed by atoms with Crippen LogP contribution in [0.25, 0.3) is 0 Å². The molecule has 2 rings (SSSR count). The molecular weight excluding hydrogens is 422 g/mol. The molecule has 6 nitrogen and oxygen atoms in total. The summed E-state index contributed by atoms with van der Waals surface area (Å²) in [5.74, 6) is -0.0374. The van der Waals surface area contributed by atoms with Gasteiger partial charge in [-0.3, -0.25) is 9.10 Å². The van der Waals surface area contributed by atoms with Crippen molar-refractivity contribution in [3.63, 3.8) is 0 Å². The molecule has 0 aromatic heterocycles. The van der Waals surface area contributed by atoms with Gasteiger partial charge in [-0.2, -0.15) is 0 Å². The molecular formula is C18H20BrNO5S. The molecule has 0 saturated carbocycles. The van der Waals surface area contributed by atoms with Crippen molar-refractivity contribution in [2.75, 3.05) is 24.6 Å². The maximum Gasteiger partial charge on any atom is 0.326 e. The number of hydrogen-bond donors (Lipinski definition) is 0. The smallest absolute Gasteiger partial charge is 0.326 e. The van der Waals surface area contributed by atoms with Crippen LogP contribution in [0.5, 0.6) is 5.75 Å². The van der Waals surface area contributed by atoms with Gasteiger partial charge in [0.25, 0.3) is 10.0 Å². The number of esters is 1. The first-order valence-electron chi connectivity index (χ1n) is 7.88. The fraction of sp³-hybridized carbons (Fsp3) is 0.278. The Morgan fingerprint density at radius 1 is 1.19 bits per heavy atom. The van der Waals surface area contributed by atoms with Crippen molar-refractivity contribution in [3.8, 4) is 5.75 Å². The molecule has 0 amide bonds. The van der Waals surface area contributed by atoms with Crippen LogP contribution in [0, 0.1) is 6.92 Å². The highest BCUT2D eigenvalue weighted by Gasteiger charge is 2.28. The third-order valence-corrected chi connectivity index (χ3v) is 5.89. The summed E-state index contributed by atoms with van der Waals surface area (Å²) in [4.78, 5) is 12.1. The Morgan fingerprint density at radius 2 is 1.92 bits per heavy atom. The zero-order chi connectivity index (χ0) is 19.3. The Kier molecular flexibility index (Phi) is 6.66.